The Morgan fingerprint density at radius 3 is 2.38 bits per heavy atom. The van der Waals surface area contributed by atoms with E-state index >= 15 is 0 Å². The number of hydrogen-bond donors (Lipinski definition) is 1. The van der Waals surface area contributed by atoms with Crippen LogP contribution in [0, 0.1) is 26.7 Å². The van der Waals surface area contributed by atoms with Crippen LogP contribution in [0.3, 0.4) is 0 Å². The summed E-state index contributed by atoms with van der Waals surface area (Å²) in [5.74, 6) is 0.147. The van der Waals surface area contributed by atoms with Gasteiger partial charge in [0.2, 0.25) is 15.9 Å². The van der Waals surface area contributed by atoms with Crippen molar-refractivity contribution in [2.45, 2.75) is 58.4 Å². The fourth-order valence-corrected chi connectivity index (χ4v) is 5.48. The molecule has 1 amide bonds. The van der Waals surface area contributed by atoms with Crippen LogP contribution in [0.1, 0.15) is 43.4 Å². The van der Waals surface area contributed by atoms with Crippen molar-refractivity contribution >= 4 is 15.9 Å². The van der Waals surface area contributed by atoms with Crippen LogP contribution in [0.15, 0.2) is 17.0 Å². The van der Waals surface area contributed by atoms with Gasteiger partial charge in [0.1, 0.15) is 6.04 Å². The summed E-state index contributed by atoms with van der Waals surface area (Å²) < 4.78 is 27.8. The van der Waals surface area contributed by atoms with Crippen molar-refractivity contribution in [3.05, 3.63) is 28.8 Å². The van der Waals surface area contributed by atoms with Gasteiger partial charge in [-0.2, -0.15) is 4.31 Å². The number of rotatable bonds is 5. The number of carbonyl (C=O) groups is 1. The highest BCUT2D eigenvalue weighted by Crippen LogP contribution is 2.30. The third-order valence-electron chi connectivity index (χ3n) is 4.36. The lowest BCUT2D eigenvalue weighted by atomic mass is 10.1. The van der Waals surface area contributed by atoms with E-state index < -0.39 is 16.1 Å². The van der Waals surface area contributed by atoms with E-state index in [4.69, 9.17) is 0 Å². The molecule has 1 fully saturated rings. The quantitative estimate of drug-likeness (QED) is 0.885. The number of benzene rings is 1. The van der Waals surface area contributed by atoms with E-state index in [1.165, 1.54) is 4.31 Å². The predicted octanol–water partition coefficient (Wildman–Crippen LogP) is 2.54. The summed E-state index contributed by atoms with van der Waals surface area (Å²) in [7, 11) is -3.68. The Hall–Kier alpha value is -1.40. The largest absolute Gasteiger partial charge is 0.354 e. The first-order valence-electron chi connectivity index (χ1n) is 8.52. The summed E-state index contributed by atoms with van der Waals surface area (Å²) in [6.45, 7) is 10.6. The van der Waals surface area contributed by atoms with Crippen molar-refractivity contribution in [3.63, 3.8) is 0 Å². The van der Waals surface area contributed by atoms with E-state index in [0.29, 0.717) is 36.7 Å². The van der Waals surface area contributed by atoms with Crippen molar-refractivity contribution in [1.29, 1.82) is 0 Å². The molecule has 2 rings (SSSR count). The Morgan fingerprint density at radius 2 is 1.83 bits per heavy atom. The lowest BCUT2D eigenvalue weighted by Crippen LogP contribution is -2.46. The SMILES string of the molecule is Cc1cc(C)c(S(=O)(=O)N2CCC[C@@H]2C(=O)NCC(C)C)c(C)c1. The van der Waals surface area contributed by atoms with E-state index in [1.54, 1.807) is 0 Å². The van der Waals surface area contributed by atoms with Gasteiger partial charge in [0.25, 0.3) is 0 Å². The topological polar surface area (TPSA) is 66.5 Å². The average Bonchev–Trinajstić information content (AvgIpc) is 2.93. The number of sulfonamides is 1. The zero-order valence-corrected chi connectivity index (χ0v) is 16.0. The van der Waals surface area contributed by atoms with Crippen molar-refractivity contribution in [2.24, 2.45) is 5.92 Å². The summed E-state index contributed by atoms with van der Waals surface area (Å²) in [5.41, 5.74) is 2.51. The Kier molecular flexibility index (Phi) is 5.71. The van der Waals surface area contributed by atoms with Crippen molar-refractivity contribution in [3.8, 4) is 0 Å². The molecule has 0 bridgehead atoms. The molecule has 5 nitrogen and oxygen atoms in total. The molecule has 6 heteroatoms. The van der Waals surface area contributed by atoms with Crippen LogP contribution in [0.5, 0.6) is 0 Å². The predicted molar refractivity (Wildman–Crippen MR) is 95.4 cm³/mol. The fourth-order valence-electron chi connectivity index (χ4n) is 3.40. The number of carbonyl (C=O) groups excluding carboxylic acids is 1. The molecule has 1 aromatic carbocycles. The molecular formula is C18H28N2O3S. The van der Waals surface area contributed by atoms with Crippen molar-refractivity contribution in [2.75, 3.05) is 13.1 Å². The van der Waals surface area contributed by atoms with Gasteiger partial charge in [0.15, 0.2) is 0 Å². The van der Waals surface area contributed by atoms with Gasteiger partial charge in [-0.1, -0.05) is 31.5 Å². The van der Waals surface area contributed by atoms with Crippen LogP contribution in [0.4, 0.5) is 0 Å². The first-order chi connectivity index (χ1) is 11.1. The molecule has 1 saturated heterocycles. The van der Waals surface area contributed by atoms with E-state index in [1.807, 2.05) is 46.8 Å². The van der Waals surface area contributed by atoms with Gasteiger partial charge in [-0.05, 0) is 50.7 Å². The molecule has 1 N–H and O–H groups in total. The third-order valence-corrected chi connectivity index (χ3v) is 6.58. The molecule has 0 radical (unpaired) electrons. The van der Waals surface area contributed by atoms with Crippen LogP contribution in [-0.4, -0.2) is 37.8 Å². The summed E-state index contributed by atoms with van der Waals surface area (Å²) in [6.07, 6.45) is 1.29. The molecule has 1 aliphatic rings. The van der Waals surface area contributed by atoms with Gasteiger partial charge in [0, 0.05) is 13.1 Å². The zero-order valence-electron chi connectivity index (χ0n) is 15.2. The second kappa shape index (κ2) is 7.23. The highest BCUT2D eigenvalue weighted by Gasteiger charge is 2.40. The highest BCUT2D eigenvalue weighted by atomic mass is 32.2. The molecule has 24 heavy (non-hydrogen) atoms. The Bertz CT molecular complexity index is 703. The van der Waals surface area contributed by atoms with Crippen LogP contribution in [0.25, 0.3) is 0 Å². The van der Waals surface area contributed by atoms with Crippen molar-refractivity contribution in [1.82, 2.24) is 9.62 Å². The first kappa shape index (κ1) is 18.9. The molecule has 0 aromatic heterocycles. The Labute approximate surface area is 145 Å². The molecule has 1 aliphatic heterocycles. The number of aryl methyl sites for hydroxylation is 3. The van der Waals surface area contributed by atoms with Gasteiger partial charge in [-0.25, -0.2) is 8.42 Å². The van der Waals surface area contributed by atoms with Gasteiger partial charge < -0.3 is 5.32 Å². The van der Waals surface area contributed by atoms with E-state index in [-0.39, 0.29) is 5.91 Å². The van der Waals surface area contributed by atoms with Crippen molar-refractivity contribution < 1.29 is 13.2 Å². The van der Waals surface area contributed by atoms with E-state index in [0.717, 1.165) is 16.7 Å². The highest BCUT2D eigenvalue weighted by molar-refractivity contribution is 7.89. The smallest absolute Gasteiger partial charge is 0.244 e. The summed E-state index contributed by atoms with van der Waals surface area (Å²) in [4.78, 5) is 12.8. The molecule has 0 spiro atoms. The minimum atomic E-state index is -3.68. The second-order valence-corrected chi connectivity index (χ2v) is 8.97. The molecule has 134 valence electrons. The number of amides is 1. The summed E-state index contributed by atoms with van der Waals surface area (Å²) in [6, 6.07) is 3.15. The maximum absolute atomic E-state index is 13.2. The minimum absolute atomic E-state index is 0.188. The Balaban J connectivity index is 2.33. The normalized spacial score (nSPS) is 19.0. The average molecular weight is 353 g/mol. The molecule has 1 heterocycles. The number of nitrogens with one attached hydrogen (secondary N) is 1. The van der Waals surface area contributed by atoms with Gasteiger partial charge >= 0.3 is 0 Å². The molecule has 0 aliphatic carbocycles. The van der Waals surface area contributed by atoms with Gasteiger partial charge in [-0.3, -0.25) is 4.79 Å². The summed E-state index contributed by atoms with van der Waals surface area (Å²) in [5, 5.41) is 2.87. The molecule has 0 unspecified atom stereocenters. The lowest BCUT2D eigenvalue weighted by molar-refractivity contribution is -0.124. The molecule has 0 saturated carbocycles. The van der Waals surface area contributed by atoms with E-state index in [2.05, 4.69) is 5.32 Å². The zero-order chi connectivity index (χ0) is 18.1. The second-order valence-electron chi connectivity index (χ2n) is 7.14. The lowest BCUT2D eigenvalue weighted by Gasteiger charge is -2.25. The molecule has 1 atom stereocenters. The maximum Gasteiger partial charge on any atom is 0.244 e. The molecular weight excluding hydrogens is 324 g/mol. The van der Waals surface area contributed by atoms with Gasteiger partial charge in [-0.15, -0.1) is 0 Å². The van der Waals surface area contributed by atoms with Crippen LogP contribution >= 0.6 is 0 Å². The van der Waals surface area contributed by atoms with Crippen LogP contribution in [0.2, 0.25) is 0 Å². The Morgan fingerprint density at radius 1 is 1.25 bits per heavy atom. The first-order valence-corrected chi connectivity index (χ1v) is 9.96. The van der Waals surface area contributed by atoms with Crippen LogP contribution < -0.4 is 5.32 Å². The maximum atomic E-state index is 13.2. The number of nitrogens with zero attached hydrogens (tertiary/aromatic N) is 1. The standard InChI is InChI=1S/C18H28N2O3S/c1-12(2)11-19-18(21)16-7-6-8-20(16)24(22,23)17-14(4)9-13(3)10-15(17)5/h9-10,12,16H,6-8,11H2,1-5H3,(H,19,21)/t16-/m1/s1. The number of hydrogen-bond acceptors (Lipinski definition) is 3. The fraction of sp³-hybridized carbons (Fsp3) is 0.611. The van der Waals surface area contributed by atoms with E-state index in [9.17, 15) is 13.2 Å². The monoisotopic (exact) mass is 352 g/mol. The molecule has 1 aromatic rings. The van der Waals surface area contributed by atoms with Crippen LogP contribution in [-0.2, 0) is 14.8 Å². The summed E-state index contributed by atoms with van der Waals surface area (Å²) >= 11 is 0. The minimum Gasteiger partial charge on any atom is -0.354 e. The third kappa shape index (κ3) is 3.81. The van der Waals surface area contributed by atoms with Gasteiger partial charge in [0.05, 0.1) is 4.90 Å².